The van der Waals surface area contributed by atoms with Gasteiger partial charge in [0.25, 0.3) is 0 Å². The molecule has 0 bridgehead atoms. The first kappa shape index (κ1) is 15.8. The predicted molar refractivity (Wildman–Crippen MR) is 76.5 cm³/mol. The van der Waals surface area contributed by atoms with E-state index >= 15 is 0 Å². The van der Waals surface area contributed by atoms with Crippen molar-refractivity contribution in [3.05, 3.63) is 23.8 Å². The number of rotatable bonds is 5. The molecule has 0 aliphatic rings. The van der Waals surface area contributed by atoms with Crippen LogP contribution in [0.15, 0.2) is 18.2 Å². The van der Waals surface area contributed by atoms with Gasteiger partial charge in [-0.3, -0.25) is 4.90 Å². The molecule has 0 saturated heterocycles. The van der Waals surface area contributed by atoms with Gasteiger partial charge in [-0.2, -0.15) is 0 Å². The second-order valence-corrected chi connectivity index (χ2v) is 5.97. The summed E-state index contributed by atoms with van der Waals surface area (Å²) in [4.78, 5) is 2.05. The molecular weight excluding hydrogens is 242 g/mol. The van der Waals surface area contributed by atoms with Gasteiger partial charge in [0.2, 0.25) is 0 Å². The fourth-order valence-corrected chi connectivity index (χ4v) is 2.27. The minimum atomic E-state index is -0.0298. The normalized spacial score (nSPS) is 13.6. The highest BCUT2D eigenvalue weighted by Crippen LogP contribution is 2.28. The lowest BCUT2D eigenvalue weighted by Crippen LogP contribution is -2.43. The van der Waals surface area contributed by atoms with Crippen molar-refractivity contribution in [2.24, 2.45) is 5.41 Å². The highest BCUT2D eigenvalue weighted by atomic mass is 16.5. The molecule has 1 aromatic rings. The number of aliphatic hydroxyl groups is 1. The Balaban J connectivity index is 2.89. The fraction of sp³-hybridized carbons (Fsp3) is 0.600. The molecule has 108 valence electrons. The number of aliphatic hydroxyl groups excluding tert-OH is 1. The van der Waals surface area contributed by atoms with Crippen molar-refractivity contribution in [3.8, 4) is 11.5 Å². The average molecular weight is 267 g/mol. The second-order valence-electron chi connectivity index (χ2n) is 5.97. The quantitative estimate of drug-likeness (QED) is 0.859. The molecule has 0 heterocycles. The van der Waals surface area contributed by atoms with Gasteiger partial charge in [0.05, 0.1) is 13.7 Å². The van der Waals surface area contributed by atoms with Crippen LogP contribution in [0.3, 0.4) is 0 Å². The third-order valence-electron chi connectivity index (χ3n) is 3.41. The van der Waals surface area contributed by atoms with Crippen LogP contribution in [0.2, 0.25) is 0 Å². The molecular formula is C15H25NO3. The van der Waals surface area contributed by atoms with Crippen molar-refractivity contribution in [2.75, 3.05) is 20.8 Å². The molecule has 1 atom stereocenters. The number of ether oxygens (including phenoxy) is 1. The number of likely N-dealkylation sites (N-methyl/N-ethyl adjacent to an activating group) is 1. The summed E-state index contributed by atoms with van der Waals surface area (Å²) in [5.74, 6) is 0.968. The molecule has 0 amide bonds. The number of hydrogen-bond acceptors (Lipinski definition) is 4. The van der Waals surface area contributed by atoms with Crippen molar-refractivity contribution < 1.29 is 14.9 Å². The molecule has 19 heavy (non-hydrogen) atoms. The largest absolute Gasteiger partial charge is 0.508 e. The van der Waals surface area contributed by atoms with E-state index in [1.165, 1.54) is 0 Å². The number of aromatic hydroxyl groups is 1. The van der Waals surface area contributed by atoms with Gasteiger partial charge in [0, 0.05) is 18.2 Å². The maximum Gasteiger partial charge on any atom is 0.120 e. The van der Waals surface area contributed by atoms with Gasteiger partial charge in [-0.25, -0.2) is 0 Å². The average Bonchev–Trinajstić information content (AvgIpc) is 2.31. The maximum absolute atomic E-state index is 9.89. The van der Waals surface area contributed by atoms with E-state index in [1.54, 1.807) is 19.2 Å². The van der Waals surface area contributed by atoms with Gasteiger partial charge in [-0.15, -0.1) is 0 Å². The minimum absolute atomic E-state index is 0.0260. The van der Waals surface area contributed by atoms with Gasteiger partial charge in [-0.1, -0.05) is 20.8 Å². The van der Waals surface area contributed by atoms with Crippen molar-refractivity contribution >= 4 is 0 Å². The molecule has 0 saturated carbocycles. The zero-order valence-electron chi connectivity index (χ0n) is 12.5. The van der Waals surface area contributed by atoms with Crippen LogP contribution in [0.1, 0.15) is 26.3 Å². The third kappa shape index (κ3) is 4.11. The SMILES string of the molecule is COc1ccc(O)c(CN(C)C(CO)C(C)(C)C)c1. The van der Waals surface area contributed by atoms with Crippen molar-refractivity contribution in [3.63, 3.8) is 0 Å². The number of nitrogens with zero attached hydrogens (tertiary/aromatic N) is 1. The van der Waals surface area contributed by atoms with Gasteiger partial charge < -0.3 is 14.9 Å². The summed E-state index contributed by atoms with van der Waals surface area (Å²) in [6.07, 6.45) is 0. The van der Waals surface area contributed by atoms with Crippen LogP contribution in [0, 0.1) is 5.41 Å². The van der Waals surface area contributed by atoms with Crippen LogP contribution in [-0.4, -0.2) is 41.9 Å². The lowest BCUT2D eigenvalue weighted by Gasteiger charge is -2.37. The van der Waals surface area contributed by atoms with Gasteiger partial charge in [-0.05, 0) is 30.7 Å². The number of phenols is 1. The molecule has 0 aliphatic heterocycles. The zero-order chi connectivity index (χ0) is 14.6. The third-order valence-corrected chi connectivity index (χ3v) is 3.41. The van der Waals surface area contributed by atoms with Crippen LogP contribution < -0.4 is 4.74 Å². The molecule has 0 aromatic heterocycles. The number of methoxy groups -OCH3 is 1. The molecule has 0 radical (unpaired) electrons. The number of benzene rings is 1. The lowest BCUT2D eigenvalue weighted by atomic mass is 9.86. The topological polar surface area (TPSA) is 52.9 Å². The standard InChI is InChI=1S/C15H25NO3/c1-15(2,3)14(10-17)16(4)9-11-8-12(19-5)6-7-13(11)18/h6-8,14,17-18H,9-10H2,1-5H3. The summed E-state index contributed by atoms with van der Waals surface area (Å²) < 4.78 is 5.17. The molecule has 1 rings (SSSR count). The number of phenolic OH excluding ortho intramolecular Hbond substituents is 1. The Morgan fingerprint density at radius 3 is 2.42 bits per heavy atom. The molecule has 4 nitrogen and oxygen atoms in total. The Kier molecular flexibility index (Phi) is 5.20. The molecule has 1 aromatic carbocycles. The molecule has 1 unspecified atom stereocenters. The smallest absolute Gasteiger partial charge is 0.120 e. The zero-order valence-corrected chi connectivity index (χ0v) is 12.5. The van der Waals surface area contributed by atoms with E-state index in [2.05, 4.69) is 25.7 Å². The molecule has 4 heteroatoms. The van der Waals surface area contributed by atoms with Crippen molar-refractivity contribution in [2.45, 2.75) is 33.4 Å². The van der Waals surface area contributed by atoms with Crippen LogP contribution in [-0.2, 0) is 6.54 Å². The Morgan fingerprint density at radius 1 is 1.32 bits per heavy atom. The van der Waals surface area contributed by atoms with E-state index in [4.69, 9.17) is 4.74 Å². The van der Waals surface area contributed by atoms with Gasteiger partial charge in [0.1, 0.15) is 11.5 Å². The van der Waals surface area contributed by atoms with E-state index < -0.39 is 0 Å². The summed E-state index contributed by atoms with van der Waals surface area (Å²) in [7, 11) is 3.55. The first-order valence-corrected chi connectivity index (χ1v) is 6.46. The fourth-order valence-electron chi connectivity index (χ4n) is 2.27. The molecule has 2 N–H and O–H groups in total. The van der Waals surface area contributed by atoms with Crippen LogP contribution in [0.5, 0.6) is 11.5 Å². The van der Waals surface area contributed by atoms with Gasteiger partial charge in [0.15, 0.2) is 0 Å². The lowest BCUT2D eigenvalue weighted by molar-refractivity contribution is 0.0609. The van der Waals surface area contributed by atoms with Crippen molar-refractivity contribution in [1.29, 1.82) is 0 Å². The summed E-state index contributed by atoms with van der Waals surface area (Å²) in [6.45, 7) is 6.93. The summed E-state index contributed by atoms with van der Waals surface area (Å²) in [6, 6.07) is 5.21. The Bertz CT molecular complexity index is 412. The highest BCUT2D eigenvalue weighted by molar-refractivity contribution is 5.39. The monoisotopic (exact) mass is 267 g/mol. The minimum Gasteiger partial charge on any atom is -0.508 e. The Labute approximate surface area is 115 Å². The van der Waals surface area contributed by atoms with Gasteiger partial charge >= 0.3 is 0 Å². The summed E-state index contributed by atoms with van der Waals surface area (Å²) in [5, 5.41) is 19.4. The van der Waals surface area contributed by atoms with Crippen LogP contribution in [0.4, 0.5) is 0 Å². The first-order chi connectivity index (χ1) is 8.79. The summed E-state index contributed by atoms with van der Waals surface area (Å²) in [5.41, 5.74) is 0.766. The first-order valence-electron chi connectivity index (χ1n) is 6.46. The van der Waals surface area contributed by atoms with E-state index in [0.29, 0.717) is 6.54 Å². The molecule has 0 aliphatic carbocycles. The summed E-state index contributed by atoms with van der Waals surface area (Å²) >= 11 is 0. The highest BCUT2D eigenvalue weighted by Gasteiger charge is 2.28. The molecule has 0 spiro atoms. The van der Waals surface area contributed by atoms with E-state index in [0.717, 1.165) is 11.3 Å². The Hall–Kier alpha value is -1.26. The predicted octanol–water partition coefficient (Wildman–Crippen LogP) is 2.24. The van der Waals surface area contributed by atoms with Crippen LogP contribution in [0.25, 0.3) is 0 Å². The molecule has 0 fully saturated rings. The van der Waals surface area contributed by atoms with E-state index in [-0.39, 0.29) is 23.8 Å². The Morgan fingerprint density at radius 2 is 1.95 bits per heavy atom. The number of hydrogen-bond donors (Lipinski definition) is 2. The van der Waals surface area contributed by atoms with Crippen molar-refractivity contribution in [1.82, 2.24) is 4.90 Å². The van der Waals surface area contributed by atoms with E-state index in [1.807, 2.05) is 13.1 Å². The van der Waals surface area contributed by atoms with E-state index in [9.17, 15) is 10.2 Å². The van der Waals surface area contributed by atoms with Crippen LogP contribution >= 0.6 is 0 Å². The second kappa shape index (κ2) is 6.26. The maximum atomic E-state index is 9.89.